The Kier molecular flexibility index (Phi) is 5.23. The van der Waals surface area contributed by atoms with Crippen LogP contribution in [0.25, 0.3) is 6.08 Å². The topological polar surface area (TPSA) is 38.3 Å². The normalized spacial score (nSPS) is 16.9. The average molecular weight is 365 g/mol. The number of halogens is 1. The molecule has 0 atom stereocenters. The molecule has 1 amide bonds. The van der Waals surface area contributed by atoms with Crippen molar-refractivity contribution < 1.29 is 13.9 Å². The second-order valence-electron chi connectivity index (χ2n) is 7.48. The first kappa shape index (κ1) is 17.8. The summed E-state index contributed by atoms with van der Waals surface area (Å²) in [5.74, 6) is 0.381. The number of rotatable bonds is 4. The summed E-state index contributed by atoms with van der Waals surface area (Å²) in [5, 5.41) is 2.91. The van der Waals surface area contributed by atoms with Crippen LogP contribution in [0, 0.1) is 11.7 Å². The average Bonchev–Trinajstić information content (AvgIpc) is 2.70. The largest absolute Gasteiger partial charge is 0.485 e. The number of benzene rings is 2. The number of anilines is 1. The van der Waals surface area contributed by atoms with E-state index in [1.807, 2.05) is 12.1 Å². The summed E-state index contributed by atoms with van der Waals surface area (Å²) in [5.41, 5.74) is 3.16. The van der Waals surface area contributed by atoms with Crippen LogP contribution in [0.15, 0.2) is 48.0 Å². The Labute approximate surface area is 159 Å². The molecule has 2 aliphatic rings. The number of carbonyl (C=O) groups excluding carboxylic acids is 1. The Hall–Kier alpha value is -2.62. The minimum atomic E-state index is -0.406. The lowest BCUT2D eigenvalue weighted by Crippen LogP contribution is -2.21. The molecule has 1 aliphatic carbocycles. The van der Waals surface area contributed by atoms with Crippen molar-refractivity contribution in [2.24, 2.45) is 5.92 Å². The maximum atomic E-state index is 13.7. The van der Waals surface area contributed by atoms with E-state index in [-0.39, 0.29) is 18.3 Å². The summed E-state index contributed by atoms with van der Waals surface area (Å²) >= 11 is 0. The van der Waals surface area contributed by atoms with E-state index in [1.54, 1.807) is 18.2 Å². The molecule has 1 heterocycles. The predicted octanol–water partition coefficient (Wildman–Crippen LogP) is 5.36. The van der Waals surface area contributed by atoms with Gasteiger partial charge in [0.25, 0.3) is 5.91 Å². The second-order valence-corrected chi connectivity index (χ2v) is 7.48. The van der Waals surface area contributed by atoms with Crippen LogP contribution in [0.5, 0.6) is 5.75 Å². The van der Waals surface area contributed by atoms with Gasteiger partial charge in [-0.3, -0.25) is 4.79 Å². The van der Waals surface area contributed by atoms with E-state index >= 15 is 0 Å². The highest BCUT2D eigenvalue weighted by Crippen LogP contribution is 2.30. The maximum absolute atomic E-state index is 13.7. The maximum Gasteiger partial charge on any atom is 0.255 e. The zero-order valence-corrected chi connectivity index (χ0v) is 15.3. The second kappa shape index (κ2) is 7.95. The summed E-state index contributed by atoms with van der Waals surface area (Å²) in [6.45, 7) is 0.0690. The van der Waals surface area contributed by atoms with E-state index in [9.17, 15) is 9.18 Å². The van der Waals surface area contributed by atoms with Gasteiger partial charge in [-0.25, -0.2) is 4.39 Å². The molecule has 2 aromatic carbocycles. The Morgan fingerprint density at radius 3 is 2.63 bits per heavy atom. The molecular formula is C23H24FNO2. The molecule has 27 heavy (non-hydrogen) atoms. The first-order chi connectivity index (χ1) is 13.2. The van der Waals surface area contributed by atoms with Crippen LogP contribution in [0.1, 0.15) is 43.2 Å². The minimum absolute atomic E-state index is 0.0690. The van der Waals surface area contributed by atoms with Gasteiger partial charge in [-0.1, -0.05) is 56.4 Å². The van der Waals surface area contributed by atoms with E-state index in [0.717, 1.165) is 18.0 Å². The van der Waals surface area contributed by atoms with Gasteiger partial charge < -0.3 is 10.1 Å². The van der Waals surface area contributed by atoms with Crippen molar-refractivity contribution >= 4 is 17.7 Å². The van der Waals surface area contributed by atoms with Crippen LogP contribution in [0.3, 0.4) is 0 Å². The summed E-state index contributed by atoms with van der Waals surface area (Å²) < 4.78 is 19.1. The van der Waals surface area contributed by atoms with Gasteiger partial charge >= 0.3 is 0 Å². The number of amides is 1. The number of nitrogens with one attached hydrogen (secondary N) is 1. The lowest BCUT2D eigenvalue weighted by Gasteiger charge is -2.21. The monoisotopic (exact) mass is 365 g/mol. The highest BCUT2D eigenvalue weighted by atomic mass is 19.1. The molecule has 4 heteroatoms. The standard InChI is InChI=1S/C23H24FNO2/c24-21-8-4-7-18-14-19(15-27-22(18)21)23(26)25-20-11-9-17(10-12-20)13-16-5-2-1-3-6-16/h4,7-12,14,16H,1-3,5-6,13,15H2,(H,25,26). The number of hydrogen-bond acceptors (Lipinski definition) is 2. The van der Waals surface area contributed by atoms with Crippen molar-refractivity contribution in [1.29, 1.82) is 0 Å². The molecule has 0 radical (unpaired) electrons. The molecule has 0 bridgehead atoms. The van der Waals surface area contributed by atoms with Gasteiger partial charge in [0.15, 0.2) is 11.6 Å². The number of hydrogen-bond donors (Lipinski definition) is 1. The van der Waals surface area contributed by atoms with Crippen LogP contribution >= 0.6 is 0 Å². The zero-order valence-electron chi connectivity index (χ0n) is 15.3. The lowest BCUT2D eigenvalue weighted by molar-refractivity contribution is -0.113. The first-order valence-electron chi connectivity index (χ1n) is 9.71. The predicted molar refractivity (Wildman–Crippen MR) is 105 cm³/mol. The molecule has 0 spiro atoms. The van der Waals surface area contributed by atoms with Crippen molar-refractivity contribution in [1.82, 2.24) is 0 Å². The fraction of sp³-hybridized carbons (Fsp3) is 0.348. The highest BCUT2D eigenvalue weighted by Gasteiger charge is 2.20. The fourth-order valence-electron chi connectivity index (χ4n) is 3.96. The van der Waals surface area contributed by atoms with Crippen LogP contribution in [0.4, 0.5) is 10.1 Å². The van der Waals surface area contributed by atoms with Crippen molar-refractivity contribution in [3.63, 3.8) is 0 Å². The molecule has 2 aromatic rings. The molecule has 140 valence electrons. The van der Waals surface area contributed by atoms with E-state index in [1.165, 1.54) is 43.7 Å². The van der Waals surface area contributed by atoms with E-state index in [2.05, 4.69) is 17.4 Å². The SMILES string of the molecule is O=C(Nc1ccc(CC2CCCCC2)cc1)C1=Cc2cccc(F)c2OC1. The van der Waals surface area contributed by atoms with E-state index in [0.29, 0.717) is 11.1 Å². The van der Waals surface area contributed by atoms with Gasteiger partial charge in [-0.15, -0.1) is 0 Å². The Balaban J connectivity index is 1.39. The molecule has 0 unspecified atom stereocenters. The van der Waals surface area contributed by atoms with Gasteiger partial charge in [0, 0.05) is 11.3 Å². The summed E-state index contributed by atoms with van der Waals surface area (Å²) in [6.07, 6.45) is 9.54. The molecule has 1 fully saturated rings. The highest BCUT2D eigenvalue weighted by molar-refractivity contribution is 6.07. The quantitative estimate of drug-likeness (QED) is 0.792. The Morgan fingerprint density at radius 2 is 1.85 bits per heavy atom. The molecule has 4 rings (SSSR count). The third kappa shape index (κ3) is 4.21. The molecule has 0 saturated heterocycles. The molecular weight excluding hydrogens is 341 g/mol. The zero-order chi connectivity index (χ0) is 18.6. The fourth-order valence-corrected chi connectivity index (χ4v) is 3.96. The molecule has 0 aromatic heterocycles. The summed E-state index contributed by atoms with van der Waals surface area (Å²) in [6, 6.07) is 12.8. The molecule has 1 aliphatic heterocycles. The van der Waals surface area contributed by atoms with Gasteiger partial charge in [-0.2, -0.15) is 0 Å². The summed E-state index contributed by atoms with van der Waals surface area (Å²) in [4.78, 5) is 12.5. The van der Waals surface area contributed by atoms with Crippen molar-refractivity contribution in [3.8, 4) is 5.75 Å². The van der Waals surface area contributed by atoms with E-state index in [4.69, 9.17) is 4.74 Å². The third-order valence-electron chi connectivity index (χ3n) is 5.45. The molecule has 1 N–H and O–H groups in total. The first-order valence-corrected chi connectivity index (χ1v) is 9.71. The minimum Gasteiger partial charge on any atom is -0.485 e. The number of carbonyl (C=O) groups is 1. The number of para-hydroxylation sites is 1. The van der Waals surface area contributed by atoms with Crippen LogP contribution in [-0.2, 0) is 11.2 Å². The van der Waals surface area contributed by atoms with Gasteiger partial charge in [0.2, 0.25) is 0 Å². The Morgan fingerprint density at radius 1 is 1.07 bits per heavy atom. The van der Waals surface area contributed by atoms with Crippen LogP contribution < -0.4 is 10.1 Å². The molecule has 3 nitrogen and oxygen atoms in total. The van der Waals surface area contributed by atoms with Crippen molar-refractivity contribution in [2.75, 3.05) is 11.9 Å². The summed E-state index contributed by atoms with van der Waals surface area (Å²) in [7, 11) is 0. The van der Waals surface area contributed by atoms with Gasteiger partial charge in [0.1, 0.15) is 6.61 Å². The Bertz CT molecular complexity index is 851. The molecule has 1 saturated carbocycles. The van der Waals surface area contributed by atoms with Crippen LogP contribution in [0.2, 0.25) is 0 Å². The lowest BCUT2D eigenvalue weighted by atomic mass is 9.85. The number of ether oxygens (including phenoxy) is 1. The van der Waals surface area contributed by atoms with Gasteiger partial charge in [0.05, 0.1) is 5.57 Å². The van der Waals surface area contributed by atoms with Crippen molar-refractivity contribution in [2.45, 2.75) is 38.5 Å². The number of fused-ring (bicyclic) bond motifs is 1. The van der Waals surface area contributed by atoms with Crippen LogP contribution in [-0.4, -0.2) is 12.5 Å². The smallest absolute Gasteiger partial charge is 0.255 e. The third-order valence-corrected chi connectivity index (χ3v) is 5.45. The van der Waals surface area contributed by atoms with E-state index < -0.39 is 5.82 Å². The van der Waals surface area contributed by atoms with Gasteiger partial charge in [-0.05, 0) is 42.2 Å². The van der Waals surface area contributed by atoms with Crippen molar-refractivity contribution in [3.05, 3.63) is 65.0 Å².